The van der Waals surface area contributed by atoms with Gasteiger partial charge in [0.2, 0.25) is 5.91 Å². The van der Waals surface area contributed by atoms with Crippen molar-refractivity contribution in [2.75, 3.05) is 18.8 Å². The maximum Gasteiger partial charge on any atom is 0.266 e. The fourth-order valence-corrected chi connectivity index (χ4v) is 3.77. The molecule has 5 nitrogen and oxygen atoms in total. The smallest absolute Gasteiger partial charge is 0.266 e. The van der Waals surface area contributed by atoms with Gasteiger partial charge in [-0.1, -0.05) is 22.0 Å². The zero-order chi connectivity index (χ0) is 14.9. The quantitative estimate of drug-likeness (QED) is 0.880. The van der Waals surface area contributed by atoms with E-state index in [-0.39, 0.29) is 12.5 Å². The molecule has 2 rings (SSSR count). The molecule has 0 saturated carbocycles. The number of likely N-dealkylation sites (N-methyl/N-ethyl adjacent to an activating group) is 1. The van der Waals surface area contributed by atoms with Crippen LogP contribution in [-0.4, -0.2) is 29.8 Å². The van der Waals surface area contributed by atoms with Crippen LogP contribution in [0.15, 0.2) is 22.7 Å². The third-order valence-corrected chi connectivity index (χ3v) is 4.73. The molecule has 4 N–H and O–H groups in total. The monoisotopic (exact) mass is 355 g/mol. The van der Waals surface area contributed by atoms with Crippen molar-refractivity contribution >= 4 is 54.9 Å². The number of anilines is 1. The van der Waals surface area contributed by atoms with Gasteiger partial charge in [0.05, 0.1) is 12.2 Å². The molecule has 0 aliphatic rings. The number of hydrogen-bond donors (Lipinski definition) is 2. The van der Waals surface area contributed by atoms with Gasteiger partial charge in [0, 0.05) is 21.1 Å². The largest absolute Gasteiger partial charge is 0.397 e. The Morgan fingerprint density at radius 1 is 1.40 bits per heavy atom. The Morgan fingerprint density at radius 3 is 2.65 bits per heavy atom. The third kappa shape index (κ3) is 2.64. The van der Waals surface area contributed by atoms with Gasteiger partial charge < -0.3 is 16.4 Å². The summed E-state index contributed by atoms with van der Waals surface area (Å²) in [5.41, 5.74) is 11.7. The highest BCUT2D eigenvalue weighted by atomic mass is 79.9. The number of nitrogen functional groups attached to an aromatic ring is 1. The average molecular weight is 356 g/mol. The normalized spacial score (nSPS) is 10.7. The molecule has 0 atom stereocenters. The van der Waals surface area contributed by atoms with Crippen molar-refractivity contribution in [2.45, 2.75) is 6.92 Å². The summed E-state index contributed by atoms with van der Waals surface area (Å²) in [4.78, 5) is 25.3. The minimum Gasteiger partial charge on any atom is -0.397 e. The number of carbonyl (C=O) groups is 2. The number of thiophene rings is 1. The summed E-state index contributed by atoms with van der Waals surface area (Å²) in [6, 6.07) is 5.67. The van der Waals surface area contributed by atoms with Crippen LogP contribution in [0.4, 0.5) is 5.69 Å². The third-order valence-electron chi connectivity index (χ3n) is 2.91. The van der Waals surface area contributed by atoms with Crippen LogP contribution in [0.5, 0.6) is 0 Å². The first kappa shape index (κ1) is 14.8. The lowest BCUT2D eigenvalue weighted by atomic mass is 10.2. The molecular weight excluding hydrogens is 342 g/mol. The molecule has 0 unspecified atom stereocenters. The van der Waals surface area contributed by atoms with Crippen molar-refractivity contribution in [1.29, 1.82) is 0 Å². The van der Waals surface area contributed by atoms with E-state index in [2.05, 4.69) is 15.9 Å². The Morgan fingerprint density at radius 2 is 2.10 bits per heavy atom. The first-order valence-corrected chi connectivity index (χ1v) is 7.60. The SMILES string of the molecule is CCN(CC(N)=O)C(=O)c1sc2cccc(Br)c2c1N. The number of carbonyl (C=O) groups excluding carboxylic acids is 2. The molecule has 0 aliphatic carbocycles. The van der Waals surface area contributed by atoms with Gasteiger partial charge in [-0.25, -0.2) is 0 Å². The van der Waals surface area contributed by atoms with Crippen LogP contribution in [0.2, 0.25) is 0 Å². The van der Waals surface area contributed by atoms with E-state index in [0.29, 0.717) is 17.1 Å². The summed E-state index contributed by atoms with van der Waals surface area (Å²) < 4.78 is 1.77. The van der Waals surface area contributed by atoms with E-state index in [1.54, 1.807) is 6.92 Å². The summed E-state index contributed by atoms with van der Waals surface area (Å²) in [5.74, 6) is -0.807. The average Bonchev–Trinajstić information content (AvgIpc) is 2.73. The molecule has 106 valence electrons. The Labute approximate surface area is 128 Å². The molecule has 0 radical (unpaired) electrons. The standard InChI is InChI=1S/C13H14BrN3O2S/c1-2-17(6-9(15)18)13(19)12-11(16)10-7(14)4-3-5-8(10)20-12/h3-5H,2,6,16H2,1H3,(H2,15,18). The van der Waals surface area contributed by atoms with Crippen molar-refractivity contribution in [2.24, 2.45) is 5.73 Å². The fraction of sp³-hybridized carbons (Fsp3) is 0.231. The van der Waals surface area contributed by atoms with Crippen molar-refractivity contribution in [3.63, 3.8) is 0 Å². The molecule has 7 heteroatoms. The number of primary amides is 1. The van der Waals surface area contributed by atoms with Crippen molar-refractivity contribution in [3.8, 4) is 0 Å². The van der Waals surface area contributed by atoms with Gasteiger partial charge in [-0.2, -0.15) is 0 Å². The molecule has 1 aromatic carbocycles. The summed E-state index contributed by atoms with van der Waals surface area (Å²) in [6.07, 6.45) is 0. The molecule has 2 aromatic rings. The number of nitrogens with two attached hydrogens (primary N) is 2. The van der Waals surface area contributed by atoms with E-state index in [0.717, 1.165) is 14.6 Å². The Kier molecular flexibility index (Phi) is 4.29. The van der Waals surface area contributed by atoms with Crippen LogP contribution in [0.25, 0.3) is 10.1 Å². The molecule has 0 fully saturated rings. The van der Waals surface area contributed by atoms with Gasteiger partial charge in [0.25, 0.3) is 5.91 Å². The van der Waals surface area contributed by atoms with Crippen molar-refractivity contribution in [3.05, 3.63) is 27.5 Å². The Hall–Kier alpha value is -1.60. The number of halogens is 1. The second-order valence-electron chi connectivity index (χ2n) is 4.24. The van der Waals surface area contributed by atoms with Crippen LogP contribution in [0, 0.1) is 0 Å². The van der Waals surface area contributed by atoms with Crippen LogP contribution in [0.3, 0.4) is 0 Å². The second kappa shape index (κ2) is 5.80. The number of hydrogen-bond acceptors (Lipinski definition) is 4. The van der Waals surface area contributed by atoms with Crippen LogP contribution >= 0.6 is 27.3 Å². The minimum atomic E-state index is -0.541. The van der Waals surface area contributed by atoms with Crippen LogP contribution in [-0.2, 0) is 4.79 Å². The minimum absolute atomic E-state index is 0.107. The highest BCUT2D eigenvalue weighted by Gasteiger charge is 2.23. The Bertz CT molecular complexity index is 684. The number of rotatable bonds is 4. The maximum absolute atomic E-state index is 12.4. The van der Waals surface area contributed by atoms with E-state index in [1.165, 1.54) is 16.2 Å². The van der Waals surface area contributed by atoms with E-state index in [1.807, 2.05) is 18.2 Å². The van der Waals surface area contributed by atoms with Crippen molar-refractivity contribution in [1.82, 2.24) is 4.90 Å². The zero-order valence-electron chi connectivity index (χ0n) is 10.9. The van der Waals surface area contributed by atoms with Gasteiger partial charge in [0.1, 0.15) is 4.88 Å². The van der Waals surface area contributed by atoms with Gasteiger partial charge in [0.15, 0.2) is 0 Å². The zero-order valence-corrected chi connectivity index (χ0v) is 13.3. The molecule has 1 aromatic heterocycles. The predicted molar refractivity (Wildman–Crippen MR) is 84.7 cm³/mol. The van der Waals surface area contributed by atoms with E-state index in [4.69, 9.17) is 11.5 Å². The maximum atomic E-state index is 12.4. The number of amides is 2. The van der Waals surface area contributed by atoms with E-state index in [9.17, 15) is 9.59 Å². The van der Waals surface area contributed by atoms with Gasteiger partial charge >= 0.3 is 0 Å². The van der Waals surface area contributed by atoms with Gasteiger partial charge in [-0.3, -0.25) is 9.59 Å². The molecule has 0 bridgehead atoms. The molecular formula is C13H14BrN3O2S. The van der Waals surface area contributed by atoms with Gasteiger partial charge in [-0.15, -0.1) is 11.3 Å². The number of benzene rings is 1. The lowest BCUT2D eigenvalue weighted by molar-refractivity contribution is -0.118. The Balaban J connectivity index is 2.47. The molecule has 20 heavy (non-hydrogen) atoms. The summed E-state index contributed by atoms with van der Waals surface area (Å²) in [5, 5.41) is 0.830. The lowest BCUT2D eigenvalue weighted by Crippen LogP contribution is -2.38. The predicted octanol–water partition coefficient (Wildman–Crippen LogP) is 2.19. The van der Waals surface area contributed by atoms with Crippen LogP contribution < -0.4 is 11.5 Å². The van der Waals surface area contributed by atoms with E-state index >= 15 is 0 Å². The molecule has 2 amide bonds. The van der Waals surface area contributed by atoms with Crippen molar-refractivity contribution < 1.29 is 9.59 Å². The van der Waals surface area contributed by atoms with Gasteiger partial charge in [-0.05, 0) is 19.1 Å². The topological polar surface area (TPSA) is 89.4 Å². The van der Waals surface area contributed by atoms with Crippen LogP contribution in [0.1, 0.15) is 16.6 Å². The first-order chi connectivity index (χ1) is 9.45. The molecule has 0 aliphatic heterocycles. The molecule has 0 spiro atoms. The molecule has 0 saturated heterocycles. The number of nitrogens with zero attached hydrogens (tertiary/aromatic N) is 1. The molecule has 1 heterocycles. The second-order valence-corrected chi connectivity index (χ2v) is 6.15. The highest BCUT2D eigenvalue weighted by molar-refractivity contribution is 9.10. The number of fused-ring (bicyclic) bond motifs is 1. The summed E-state index contributed by atoms with van der Waals surface area (Å²) >= 11 is 4.75. The highest BCUT2D eigenvalue weighted by Crippen LogP contribution is 2.38. The van der Waals surface area contributed by atoms with E-state index < -0.39 is 5.91 Å². The summed E-state index contributed by atoms with van der Waals surface area (Å²) in [7, 11) is 0. The first-order valence-electron chi connectivity index (χ1n) is 5.99. The lowest BCUT2D eigenvalue weighted by Gasteiger charge is -2.18. The fourth-order valence-electron chi connectivity index (χ4n) is 1.95. The summed E-state index contributed by atoms with van der Waals surface area (Å²) in [6.45, 7) is 2.08.